The molecule has 5 nitrogen and oxygen atoms in total. The Morgan fingerprint density at radius 3 is 2.11 bits per heavy atom. The second-order valence-corrected chi connectivity index (χ2v) is 3.66. The Labute approximate surface area is 112 Å². The van der Waals surface area contributed by atoms with Crippen LogP contribution in [0.1, 0.15) is 26.5 Å². The van der Waals surface area contributed by atoms with E-state index >= 15 is 0 Å². The van der Waals surface area contributed by atoms with Crippen molar-refractivity contribution in [3.63, 3.8) is 0 Å². The molecule has 0 bridgehead atoms. The molecule has 0 N–H and O–H groups in total. The van der Waals surface area contributed by atoms with E-state index in [0.717, 1.165) is 0 Å². The van der Waals surface area contributed by atoms with Crippen LogP contribution in [0.15, 0.2) is 30.0 Å². The number of hydrogen-bond acceptors (Lipinski definition) is 5. The van der Waals surface area contributed by atoms with Crippen molar-refractivity contribution in [2.75, 3.05) is 13.2 Å². The lowest BCUT2D eigenvalue weighted by molar-refractivity contribution is -0.146. The molecule has 102 valence electrons. The lowest BCUT2D eigenvalue weighted by atomic mass is 10.1. The van der Waals surface area contributed by atoms with Gasteiger partial charge in [0, 0.05) is 6.20 Å². The molecule has 1 rings (SSSR count). The monoisotopic (exact) mass is 263 g/mol. The van der Waals surface area contributed by atoms with Crippen LogP contribution in [0, 0.1) is 0 Å². The maximum Gasteiger partial charge on any atom is 0.345 e. The number of carbonyl (C=O) groups excluding carboxylic acids is 2. The van der Waals surface area contributed by atoms with Gasteiger partial charge in [-0.3, -0.25) is 4.98 Å². The van der Waals surface area contributed by atoms with Crippen molar-refractivity contribution in [2.45, 2.75) is 20.8 Å². The predicted molar refractivity (Wildman–Crippen MR) is 70.1 cm³/mol. The summed E-state index contributed by atoms with van der Waals surface area (Å²) in [5, 5.41) is 0. The number of rotatable bonds is 5. The van der Waals surface area contributed by atoms with E-state index in [1.165, 1.54) is 0 Å². The van der Waals surface area contributed by atoms with Crippen molar-refractivity contribution in [3.05, 3.63) is 35.7 Å². The average Bonchev–Trinajstić information content (AvgIpc) is 2.40. The van der Waals surface area contributed by atoms with Gasteiger partial charge < -0.3 is 9.47 Å². The van der Waals surface area contributed by atoms with Gasteiger partial charge in [0.05, 0.1) is 18.9 Å². The molecule has 0 atom stereocenters. The van der Waals surface area contributed by atoms with Gasteiger partial charge in [0.1, 0.15) is 5.57 Å². The highest BCUT2D eigenvalue weighted by Crippen LogP contribution is 2.18. The first-order chi connectivity index (χ1) is 9.11. The van der Waals surface area contributed by atoms with Gasteiger partial charge in [0.15, 0.2) is 0 Å². The molecule has 0 saturated carbocycles. The highest BCUT2D eigenvalue weighted by Gasteiger charge is 2.24. The van der Waals surface area contributed by atoms with Crippen LogP contribution in [-0.2, 0) is 19.1 Å². The number of ether oxygens (including phenoxy) is 2. The second kappa shape index (κ2) is 7.31. The predicted octanol–water partition coefficient (Wildman–Crippen LogP) is 1.98. The number of hydrogen-bond donors (Lipinski definition) is 0. The fraction of sp³-hybridized carbons (Fsp3) is 0.357. The Morgan fingerprint density at radius 1 is 1.11 bits per heavy atom. The molecular formula is C14H17NO4. The first-order valence-corrected chi connectivity index (χ1v) is 6.08. The van der Waals surface area contributed by atoms with E-state index in [9.17, 15) is 9.59 Å². The smallest absolute Gasteiger partial charge is 0.345 e. The molecule has 1 aromatic heterocycles. The summed E-state index contributed by atoms with van der Waals surface area (Å²) in [7, 11) is 0. The van der Waals surface area contributed by atoms with Gasteiger partial charge >= 0.3 is 11.9 Å². The van der Waals surface area contributed by atoms with Crippen LogP contribution in [0.5, 0.6) is 0 Å². The van der Waals surface area contributed by atoms with Gasteiger partial charge in [-0.25, -0.2) is 9.59 Å². The maximum atomic E-state index is 11.9. The molecule has 0 fully saturated rings. The summed E-state index contributed by atoms with van der Waals surface area (Å²) in [6.07, 6.45) is 1.59. The normalized spacial score (nSPS) is 9.63. The quantitative estimate of drug-likeness (QED) is 0.352. The molecule has 19 heavy (non-hydrogen) atoms. The molecule has 0 saturated heterocycles. The molecule has 0 aliphatic rings. The van der Waals surface area contributed by atoms with Crippen LogP contribution in [0.25, 0.3) is 5.57 Å². The lowest BCUT2D eigenvalue weighted by Crippen LogP contribution is -2.20. The summed E-state index contributed by atoms with van der Waals surface area (Å²) in [6, 6.07) is 5.25. The van der Waals surface area contributed by atoms with E-state index in [2.05, 4.69) is 4.98 Å². The minimum absolute atomic E-state index is 0.109. The Bertz CT molecular complexity index is 459. The lowest BCUT2D eigenvalue weighted by Gasteiger charge is -2.10. The number of carbonyl (C=O) groups is 2. The summed E-state index contributed by atoms with van der Waals surface area (Å²) in [5.41, 5.74) is 0.874. The first kappa shape index (κ1) is 14.9. The number of nitrogens with zero attached hydrogens (tertiary/aromatic N) is 1. The Morgan fingerprint density at radius 2 is 1.68 bits per heavy atom. The molecule has 0 unspecified atom stereocenters. The number of aromatic nitrogens is 1. The van der Waals surface area contributed by atoms with Gasteiger partial charge in [-0.05, 0) is 38.5 Å². The SMILES string of the molecule is CCOC(=O)C(C(=O)OCC)=C(C)c1ccccn1. The van der Waals surface area contributed by atoms with Crippen LogP contribution in [0.4, 0.5) is 0 Å². The van der Waals surface area contributed by atoms with E-state index in [-0.39, 0.29) is 18.8 Å². The van der Waals surface area contributed by atoms with Crippen molar-refractivity contribution in [3.8, 4) is 0 Å². The highest BCUT2D eigenvalue weighted by atomic mass is 16.6. The standard InChI is InChI=1S/C14H17NO4/c1-4-18-13(16)12(14(17)19-5-2)10(3)11-8-6-7-9-15-11/h6-9H,4-5H2,1-3H3. The molecule has 0 aliphatic heterocycles. The zero-order chi connectivity index (χ0) is 14.3. The minimum Gasteiger partial charge on any atom is -0.462 e. The number of pyridine rings is 1. The van der Waals surface area contributed by atoms with Crippen LogP contribution >= 0.6 is 0 Å². The largest absolute Gasteiger partial charge is 0.462 e. The third kappa shape index (κ3) is 3.91. The summed E-state index contributed by atoms with van der Waals surface area (Å²) in [6.45, 7) is 5.38. The van der Waals surface area contributed by atoms with E-state index in [1.54, 1.807) is 45.2 Å². The minimum atomic E-state index is -0.691. The van der Waals surface area contributed by atoms with E-state index in [1.807, 2.05) is 0 Å². The molecule has 0 amide bonds. The maximum absolute atomic E-state index is 11.9. The zero-order valence-electron chi connectivity index (χ0n) is 11.3. The number of esters is 2. The van der Waals surface area contributed by atoms with Gasteiger partial charge in [-0.1, -0.05) is 6.07 Å². The fourth-order valence-corrected chi connectivity index (χ4v) is 1.51. The van der Waals surface area contributed by atoms with E-state index in [4.69, 9.17) is 9.47 Å². The first-order valence-electron chi connectivity index (χ1n) is 6.08. The fourth-order valence-electron chi connectivity index (χ4n) is 1.51. The van der Waals surface area contributed by atoms with Crippen LogP contribution in [0.2, 0.25) is 0 Å². The van der Waals surface area contributed by atoms with Gasteiger partial charge in [-0.15, -0.1) is 0 Å². The highest BCUT2D eigenvalue weighted by molar-refractivity contribution is 6.19. The molecule has 5 heteroatoms. The number of allylic oxidation sites excluding steroid dienone is 1. The zero-order valence-corrected chi connectivity index (χ0v) is 11.3. The van der Waals surface area contributed by atoms with E-state index < -0.39 is 11.9 Å². The summed E-state index contributed by atoms with van der Waals surface area (Å²) in [4.78, 5) is 27.8. The molecule has 0 spiro atoms. The topological polar surface area (TPSA) is 65.5 Å². The summed E-state index contributed by atoms with van der Waals surface area (Å²) >= 11 is 0. The van der Waals surface area contributed by atoms with Gasteiger partial charge in [-0.2, -0.15) is 0 Å². The molecule has 0 radical (unpaired) electrons. The van der Waals surface area contributed by atoms with Crippen molar-refractivity contribution < 1.29 is 19.1 Å². The van der Waals surface area contributed by atoms with Crippen molar-refractivity contribution >= 4 is 17.5 Å². The molecule has 1 aromatic rings. The Balaban J connectivity index is 3.21. The van der Waals surface area contributed by atoms with Crippen LogP contribution in [-0.4, -0.2) is 30.1 Å². The van der Waals surface area contributed by atoms with Crippen molar-refractivity contribution in [1.82, 2.24) is 4.98 Å². The van der Waals surface area contributed by atoms with Crippen LogP contribution < -0.4 is 0 Å². The third-order valence-corrected chi connectivity index (χ3v) is 2.38. The molecular weight excluding hydrogens is 246 g/mol. The second-order valence-electron chi connectivity index (χ2n) is 3.66. The molecule has 1 heterocycles. The van der Waals surface area contributed by atoms with Crippen molar-refractivity contribution in [1.29, 1.82) is 0 Å². The van der Waals surface area contributed by atoms with Gasteiger partial charge in [0.25, 0.3) is 0 Å². The van der Waals surface area contributed by atoms with Crippen molar-refractivity contribution in [2.24, 2.45) is 0 Å². The molecule has 0 aliphatic carbocycles. The summed E-state index contributed by atoms with van der Waals surface area (Å²) < 4.78 is 9.78. The third-order valence-electron chi connectivity index (χ3n) is 2.38. The average molecular weight is 263 g/mol. The summed E-state index contributed by atoms with van der Waals surface area (Å²) in [5.74, 6) is -1.38. The molecule has 0 aromatic carbocycles. The van der Waals surface area contributed by atoms with Crippen LogP contribution in [0.3, 0.4) is 0 Å². The van der Waals surface area contributed by atoms with E-state index in [0.29, 0.717) is 11.3 Å². The Kier molecular flexibility index (Phi) is 5.73. The van der Waals surface area contributed by atoms with Gasteiger partial charge in [0.2, 0.25) is 0 Å². The Hall–Kier alpha value is -2.17.